The standard InChI is InChI=1S/C11H15N3O3S.H2S/c1-4-17-9(15)8-7(3)13-11(18-8)14-5-6(2)12-10(14)16;/h6H,4-5H2,1-3H3,(H,12,16);1H2/t6-;/m0./s1. The summed E-state index contributed by atoms with van der Waals surface area (Å²) in [6.45, 7) is 6.31. The number of hydrogen-bond donors (Lipinski definition) is 1. The van der Waals surface area contributed by atoms with E-state index < -0.39 is 0 Å². The highest BCUT2D eigenvalue weighted by atomic mass is 32.1. The molecule has 1 atom stereocenters. The van der Waals surface area contributed by atoms with E-state index in [-0.39, 0.29) is 31.5 Å². The number of ether oxygens (including phenoxy) is 1. The highest BCUT2D eigenvalue weighted by molar-refractivity contribution is 7.59. The fraction of sp³-hybridized carbons (Fsp3) is 0.545. The highest BCUT2D eigenvalue weighted by Crippen LogP contribution is 2.28. The quantitative estimate of drug-likeness (QED) is 0.862. The zero-order chi connectivity index (χ0) is 13.3. The van der Waals surface area contributed by atoms with Crippen molar-refractivity contribution in [2.45, 2.75) is 26.8 Å². The molecule has 8 heteroatoms. The van der Waals surface area contributed by atoms with Gasteiger partial charge in [0.05, 0.1) is 12.3 Å². The predicted octanol–water partition coefficient (Wildman–Crippen LogP) is 1.66. The van der Waals surface area contributed by atoms with Crippen LogP contribution in [0.3, 0.4) is 0 Å². The smallest absolute Gasteiger partial charge is 0.350 e. The van der Waals surface area contributed by atoms with Gasteiger partial charge >= 0.3 is 12.0 Å². The zero-order valence-electron chi connectivity index (χ0n) is 11.0. The van der Waals surface area contributed by atoms with E-state index in [0.29, 0.717) is 28.9 Å². The summed E-state index contributed by atoms with van der Waals surface area (Å²) in [5, 5.41) is 3.33. The van der Waals surface area contributed by atoms with Crippen LogP contribution >= 0.6 is 24.8 Å². The Morgan fingerprint density at radius 1 is 1.63 bits per heavy atom. The van der Waals surface area contributed by atoms with Crippen LogP contribution in [0.5, 0.6) is 0 Å². The van der Waals surface area contributed by atoms with Crippen molar-refractivity contribution in [3.8, 4) is 0 Å². The van der Waals surface area contributed by atoms with Crippen LogP contribution < -0.4 is 10.2 Å². The van der Waals surface area contributed by atoms with Crippen molar-refractivity contribution in [1.29, 1.82) is 0 Å². The van der Waals surface area contributed by atoms with Gasteiger partial charge in [-0.1, -0.05) is 11.3 Å². The van der Waals surface area contributed by atoms with E-state index in [1.807, 2.05) is 6.92 Å². The molecule has 0 bridgehead atoms. The molecule has 1 aliphatic rings. The molecule has 0 radical (unpaired) electrons. The highest BCUT2D eigenvalue weighted by Gasteiger charge is 2.30. The molecule has 0 unspecified atom stereocenters. The summed E-state index contributed by atoms with van der Waals surface area (Å²) in [4.78, 5) is 29.6. The first kappa shape index (κ1) is 15.8. The summed E-state index contributed by atoms with van der Waals surface area (Å²) in [7, 11) is 0. The first-order valence-electron chi connectivity index (χ1n) is 5.75. The van der Waals surface area contributed by atoms with E-state index in [0.717, 1.165) is 0 Å². The lowest BCUT2D eigenvalue weighted by molar-refractivity contribution is 0.0531. The molecule has 2 amide bonds. The topological polar surface area (TPSA) is 71.5 Å². The number of carbonyl (C=O) groups excluding carboxylic acids is 2. The third-order valence-corrected chi connectivity index (χ3v) is 3.71. The first-order chi connectivity index (χ1) is 8.52. The van der Waals surface area contributed by atoms with Gasteiger partial charge in [0, 0.05) is 12.6 Å². The van der Waals surface area contributed by atoms with Gasteiger partial charge in [-0.2, -0.15) is 13.5 Å². The van der Waals surface area contributed by atoms with E-state index >= 15 is 0 Å². The number of anilines is 1. The van der Waals surface area contributed by atoms with Crippen LogP contribution in [0.4, 0.5) is 9.93 Å². The van der Waals surface area contributed by atoms with Gasteiger partial charge < -0.3 is 10.1 Å². The molecule has 2 heterocycles. The van der Waals surface area contributed by atoms with Crippen molar-refractivity contribution < 1.29 is 14.3 Å². The summed E-state index contributed by atoms with van der Waals surface area (Å²) in [6.07, 6.45) is 0. The van der Waals surface area contributed by atoms with Gasteiger partial charge in [0.15, 0.2) is 5.13 Å². The maximum Gasteiger partial charge on any atom is 0.350 e. The van der Waals surface area contributed by atoms with Gasteiger partial charge in [0.25, 0.3) is 0 Å². The van der Waals surface area contributed by atoms with Gasteiger partial charge in [-0.25, -0.2) is 14.6 Å². The monoisotopic (exact) mass is 303 g/mol. The van der Waals surface area contributed by atoms with E-state index in [9.17, 15) is 9.59 Å². The zero-order valence-corrected chi connectivity index (χ0v) is 12.8. The Labute approximate surface area is 122 Å². The van der Waals surface area contributed by atoms with Gasteiger partial charge in [-0.05, 0) is 20.8 Å². The van der Waals surface area contributed by atoms with Crippen LogP contribution in [0.2, 0.25) is 0 Å². The summed E-state index contributed by atoms with van der Waals surface area (Å²) < 4.78 is 4.95. The normalized spacial score (nSPS) is 17.9. The maximum absolute atomic E-state index is 11.7. The Balaban J connectivity index is 0.00000180. The van der Waals surface area contributed by atoms with Crippen molar-refractivity contribution in [2.75, 3.05) is 18.1 Å². The Kier molecular flexibility index (Phi) is 5.19. The van der Waals surface area contributed by atoms with Gasteiger partial charge in [-0.15, -0.1) is 0 Å². The number of carbonyl (C=O) groups is 2. The number of urea groups is 1. The molecule has 0 spiro atoms. The van der Waals surface area contributed by atoms with E-state index in [4.69, 9.17) is 4.74 Å². The summed E-state index contributed by atoms with van der Waals surface area (Å²) in [6, 6.07) is -0.0839. The Morgan fingerprint density at radius 3 is 2.84 bits per heavy atom. The molecule has 1 saturated heterocycles. The largest absolute Gasteiger partial charge is 0.462 e. The fourth-order valence-corrected chi connectivity index (χ4v) is 2.71. The molecule has 106 valence electrons. The second kappa shape index (κ2) is 6.25. The van der Waals surface area contributed by atoms with Crippen LogP contribution in [0.15, 0.2) is 0 Å². The molecule has 0 saturated carbocycles. The average molecular weight is 303 g/mol. The number of rotatable bonds is 3. The van der Waals surface area contributed by atoms with Crippen LogP contribution in [-0.4, -0.2) is 36.2 Å². The SMILES string of the molecule is CCOC(=O)c1sc(N2C[C@H](C)NC2=O)nc1C.S. The van der Waals surface area contributed by atoms with Crippen molar-refractivity contribution in [3.63, 3.8) is 0 Å². The van der Waals surface area contributed by atoms with Crippen LogP contribution in [-0.2, 0) is 4.74 Å². The first-order valence-corrected chi connectivity index (χ1v) is 6.57. The van der Waals surface area contributed by atoms with Crippen LogP contribution in [0, 0.1) is 6.92 Å². The molecular formula is C11H17N3O3S2. The summed E-state index contributed by atoms with van der Waals surface area (Å²) >= 11 is 1.19. The lowest BCUT2D eigenvalue weighted by atomic mass is 10.4. The Hall–Kier alpha value is -1.28. The number of nitrogens with zero attached hydrogens (tertiary/aromatic N) is 2. The number of thiazole rings is 1. The Morgan fingerprint density at radius 2 is 2.32 bits per heavy atom. The van der Waals surface area contributed by atoms with Gasteiger partial charge in [0.1, 0.15) is 4.88 Å². The number of hydrogen-bond acceptors (Lipinski definition) is 5. The summed E-state index contributed by atoms with van der Waals surface area (Å²) in [5.41, 5.74) is 0.598. The Bertz CT molecular complexity index is 490. The molecule has 1 aromatic heterocycles. The number of nitrogens with one attached hydrogen (secondary N) is 1. The van der Waals surface area contributed by atoms with Crippen molar-refractivity contribution in [2.24, 2.45) is 0 Å². The molecule has 1 aliphatic heterocycles. The van der Waals surface area contributed by atoms with E-state index in [2.05, 4.69) is 10.3 Å². The molecule has 19 heavy (non-hydrogen) atoms. The average Bonchev–Trinajstić information content (AvgIpc) is 2.82. The third-order valence-electron chi connectivity index (χ3n) is 2.55. The predicted molar refractivity (Wildman–Crippen MR) is 78.5 cm³/mol. The van der Waals surface area contributed by atoms with Gasteiger partial charge in [0.2, 0.25) is 0 Å². The molecule has 2 rings (SSSR count). The number of aromatic nitrogens is 1. The molecule has 1 fully saturated rings. The lowest BCUT2D eigenvalue weighted by Crippen LogP contribution is -2.27. The van der Waals surface area contributed by atoms with E-state index in [1.165, 1.54) is 11.3 Å². The number of amides is 2. The van der Waals surface area contributed by atoms with Crippen LogP contribution in [0.1, 0.15) is 29.2 Å². The van der Waals surface area contributed by atoms with Crippen molar-refractivity contribution in [3.05, 3.63) is 10.6 Å². The second-order valence-corrected chi connectivity index (χ2v) is 5.07. The van der Waals surface area contributed by atoms with Crippen molar-refractivity contribution >= 4 is 42.0 Å². The minimum atomic E-state index is -0.383. The summed E-state index contributed by atoms with van der Waals surface area (Å²) in [5.74, 6) is -0.383. The molecule has 1 aromatic rings. The molecule has 0 aliphatic carbocycles. The minimum Gasteiger partial charge on any atom is -0.462 e. The third kappa shape index (κ3) is 3.19. The number of esters is 1. The maximum atomic E-state index is 11.7. The molecule has 6 nitrogen and oxygen atoms in total. The van der Waals surface area contributed by atoms with Gasteiger partial charge in [-0.3, -0.25) is 4.90 Å². The van der Waals surface area contributed by atoms with Crippen molar-refractivity contribution in [1.82, 2.24) is 10.3 Å². The van der Waals surface area contributed by atoms with Crippen LogP contribution in [0.25, 0.3) is 0 Å². The molecule has 0 aromatic carbocycles. The molecule has 1 N–H and O–H groups in total. The second-order valence-electron chi connectivity index (χ2n) is 4.09. The number of aryl methyl sites for hydroxylation is 1. The molecular weight excluding hydrogens is 286 g/mol. The lowest BCUT2D eigenvalue weighted by Gasteiger charge is -2.08. The minimum absolute atomic E-state index is 0. The fourth-order valence-electron chi connectivity index (χ4n) is 1.74. The van der Waals surface area contributed by atoms with E-state index in [1.54, 1.807) is 18.7 Å².